The van der Waals surface area contributed by atoms with Crippen molar-refractivity contribution in [3.63, 3.8) is 0 Å². The van der Waals surface area contributed by atoms with Gasteiger partial charge in [-0.3, -0.25) is 9.79 Å². The number of aliphatic hydroxyl groups excluding tert-OH is 1. The number of aliphatic imine (C=N–C) groups is 1. The minimum absolute atomic E-state index is 0.0380. The number of benzene rings is 2. The maximum atomic E-state index is 12.3. The number of aliphatic hydroxyl groups is 1. The molecule has 0 saturated carbocycles. The summed E-state index contributed by atoms with van der Waals surface area (Å²) < 4.78 is 0. The number of fused-ring (bicyclic) bond motifs is 3. The van der Waals surface area contributed by atoms with E-state index >= 15 is 0 Å². The topological polar surface area (TPSA) is 81.2 Å². The minimum Gasteiger partial charge on any atom is -0.392 e. The van der Waals surface area contributed by atoms with Gasteiger partial charge in [-0.15, -0.1) is 0 Å². The van der Waals surface area contributed by atoms with Crippen molar-refractivity contribution in [2.45, 2.75) is 6.61 Å². The van der Waals surface area contributed by atoms with E-state index in [9.17, 15) is 9.90 Å². The third kappa shape index (κ3) is 2.41. The maximum absolute atomic E-state index is 12.3. The molecule has 4 aromatic rings. The molecule has 2 aromatic heterocycles. The van der Waals surface area contributed by atoms with Crippen LogP contribution in [-0.4, -0.2) is 21.3 Å². The highest BCUT2D eigenvalue weighted by molar-refractivity contribution is 6.13. The van der Waals surface area contributed by atoms with Gasteiger partial charge >= 0.3 is 0 Å². The molecule has 4 rings (SSSR count). The van der Waals surface area contributed by atoms with Crippen LogP contribution in [0.15, 0.2) is 64.5 Å². The Bertz CT molecular complexity index is 1120. The fourth-order valence-electron chi connectivity index (χ4n) is 2.90. The molecule has 5 heteroatoms. The maximum Gasteiger partial charge on any atom is 0.257 e. The van der Waals surface area contributed by atoms with Crippen molar-refractivity contribution in [1.29, 1.82) is 0 Å². The number of nitrogens with zero attached hydrogens (tertiary/aromatic N) is 1. The Morgan fingerprint density at radius 2 is 1.96 bits per heavy atom. The average molecular weight is 317 g/mol. The van der Waals surface area contributed by atoms with Crippen molar-refractivity contribution in [2.75, 3.05) is 0 Å². The molecule has 0 radical (unpaired) electrons. The largest absolute Gasteiger partial charge is 0.392 e. The smallest absolute Gasteiger partial charge is 0.257 e. The van der Waals surface area contributed by atoms with Gasteiger partial charge in [0, 0.05) is 34.2 Å². The summed E-state index contributed by atoms with van der Waals surface area (Å²) in [5, 5.41) is 11.0. The molecule has 118 valence electrons. The number of hydrogen-bond donors (Lipinski definition) is 3. The Morgan fingerprint density at radius 3 is 2.83 bits per heavy atom. The highest BCUT2D eigenvalue weighted by Gasteiger charge is 2.11. The van der Waals surface area contributed by atoms with Gasteiger partial charge in [-0.2, -0.15) is 0 Å². The molecule has 0 unspecified atom stereocenters. The summed E-state index contributed by atoms with van der Waals surface area (Å²) in [6.07, 6.45) is 3.44. The van der Waals surface area contributed by atoms with Crippen LogP contribution in [0, 0.1) is 0 Å². The Balaban J connectivity index is 1.89. The van der Waals surface area contributed by atoms with Crippen molar-refractivity contribution in [3.8, 4) is 0 Å². The van der Waals surface area contributed by atoms with Crippen molar-refractivity contribution < 1.29 is 5.11 Å². The van der Waals surface area contributed by atoms with Crippen LogP contribution in [0.4, 0.5) is 5.69 Å². The number of pyridine rings is 1. The fourth-order valence-corrected chi connectivity index (χ4v) is 2.90. The van der Waals surface area contributed by atoms with E-state index in [1.165, 1.54) is 0 Å². The molecule has 24 heavy (non-hydrogen) atoms. The molecule has 3 N–H and O–H groups in total. The lowest BCUT2D eigenvalue weighted by Crippen LogP contribution is -2.04. The lowest BCUT2D eigenvalue weighted by Gasteiger charge is -2.01. The summed E-state index contributed by atoms with van der Waals surface area (Å²) >= 11 is 0. The Kier molecular flexibility index (Phi) is 3.48. The first-order valence-corrected chi connectivity index (χ1v) is 7.62. The zero-order valence-corrected chi connectivity index (χ0v) is 12.8. The van der Waals surface area contributed by atoms with Crippen LogP contribution in [0.1, 0.15) is 11.1 Å². The van der Waals surface area contributed by atoms with Crippen LogP contribution in [0.5, 0.6) is 0 Å². The summed E-state index contributed by atoms with van der Waals surface area (Å²) in [6, 6.07) is 15.0. The van der Waals surface area contributed by atoms with E-state index in [2.05, 4.69) is 15.0 Å². The molecule has 0 aliphatic carbocycles. The van der Waals surface area contributed by atoms with Gasteiger partial charge in [0.25, 0.3) is 5.56 Å². The number of H-pyrrole nitrogens is 2. The van der Waals surface area contributed by atoms with Gasteiger partial charge in [0.05, 0.1) is 17.9 Å². The van der Waals surface area contributed by atoms with E-state index < -0.39 is 0 Å². The minimum atomic E-state index is -0.164. The molecular weight excluding hydrogens is 302 g/mol. The Hall–Kier alpha value is -3.18. The molecular formula is C19H15N3O2. The van der Waals surface area contributed by atoms with Crippen LogP contribution >= 0.6 is 0 Å². The molecule has 0 fully saturated rings. The van der Waals surface area contributed by atoms with Gasteiger partial charge in [-0.1, -0.05) is 18.2 Å². The molecule has 0 atom stereocenters. The second kappa shape index (κ2) is 5.79. The molecule has 5 nitrogen and oxygen atoms in total. The molecule has 2 aromatic carbocycles. The fraction of sp³-hybridized carbons (Fsp3) is 0.0526. The second-order valence-corrected chi connectivity index (χ2v) is 5.57. The van der Waals surface area contributed by atoms with Crippen LogP contribution in [0.25, 0.3) is 21.8 Å². The average Bonchev–Trinajstić information content (AvgIpc) is 2.96. The molecule has 2 heterocycles. The third-order valence-corrected chi connectivity index (χ3v) is 4.04. The molecule has 0 aliphatic heterocycles. The number of aromatic amines is 2. The summed E-state index contributed by atoms with van der Waals surface area (Å²) in [5.74, 6) is 0. The third-order valence-electron chi connectivity index (χ3n) is 4.04. The zero-order chi connectivity index (χ0) is 16.5. The molecule has 0 saturated heterocycles. The quantitative estimate of drug-likeness (QED) is 0.507. The highest BCUT2D eigenvalue weighted by atomic mass is 16.3. The number of hydrogen-bond acceptors (Lipinski definition) is 3. The first-order valence-electron chi connectivity index (χ1n) is 7.62. The van der Waals surface area contributed by atoms with Gasteiger partial charge in [0.1, 0.15) is 0 Å². The van der Waals surface area contributed by atoms with E-state index in [0.29, 0.717) is 11.3 Å². The van der Waals surface area contributed by atoms with Crippen molar-refractivity contribution in [2.24, 2.45) is 4.99 Å². The number of nitrogens with one attached hydrogen (secondary N) is 2. The van der Waals surface area contributed by atoms with E-state index in [4.69, 9.17) is 0 Å². The number of rotatable bonds is 3. The summed E-state index contributed by atoms with van der Waals surface area (Å²) in [4.78, 5) is 22.8. The van der Waals surface area contributed by atoms with Crippen LogP contribution in [0.3, 0.4) is 0 Å². The van der Waals surface area contributed by atoms with Crippen molar-refractivity contribution in [1.82, 2.24) is 9.97 Å². The van der Waals surface area contributed by atoms with Crippen LogP contribution in [0.2, 0.25) is 0 Å². The second-order valence-electron chi connectivity index (χ2n) is 5.57. The lowest BCUT2D eigenvalue weighted by atomic mass is 10.1. The van der Waals surface area contributed by atoms with Gasteiger partial charge in [0.15, 0.2) is 0 Å². The summed E-state index contributed by atoms with van der Waals surface area (Å²) in [7, 11) is 0. The molecule has 0 amide bonds. The predicted molar refractivity (Wildman–Crippen MR) is 96.0 cm³/mol. The normalized spacial score (nSPS) is 11.7. The first kappa shape index (κ1) is 14.4. The summed E-state index contributed by atoms with van der Waals surface area (Å²) in [5.41, 5.74) is 3.60. The van der Waals surface area contributed by atoms with Crippen LogP contribution < -0.4 is 5.56 Å². The van der Waals surface area contributed by atoms with Crippen molar-refractivity contribution in [3.05, 3.63) is 76.2 Å². The van der Waals surface area contributed by atoms with Gasteiger partial charge in [-0.05, 0) is 35.9 Å². The Labute approximate surface area is 137 Å². The van der Waals surface area contributed by atoms with Crippen molar-refractivity contribution >= 4 is 33.7 Å². The molecule has 0 spiro atoms. The Morgan fingerprint density at radius 1 is 1.08 bits per heavy atom. The SMILES string of the molecule is O=c1[nH]c2ccc3[nH]cccc3c2c1C=Nc1cccc(CO)c1. The summed E-state index contributed by atoms with van der Waals surface area (Å²) in [6.45, 7) is -0.0380. The monoisotopic (exact) mass is 317 g/mol. The van der Waals surface area contributed by atoms with Crippen LogP contribution in [-0.2, 0) is 6.61 Å². The van der Waals surface area contributed by atoms with Gasteiger partial charge in [-0.25, -0.2) is 0 Å². The molecule has 0 bridgehead atoms. The first-order chi connectivity index (χ1) is 11.8. The number of aromatic nitrogens is 2. The molecule has 0 aliphatic rings. The van der Waals surface area contributed by atoms with E-state index in [0.717, 1.165) is 27.4 Å². The van der Waals surface area contributed by atoms with E-state index in [1.807, 2.05) is 48.7 Å². The lowest BCUT2D eigenvalue weighted by molar-refractivity contribution is 0.282. The van der Waals surface area contributed by atoms with Gasteiger partial charge < -0.3 is 15.1 Å². The van der Waals surface area contributed by atoms with E-state index in [1.54, 1.807) is 12.3 Å². The zero-order valence-electron chi connectivity index (χ0n) is 12.8. The standard InChI is InChI=1S/C19H15N3O2/c23-11-12-3-1-4-13(9-12)21-10-15-18-14-5-2-8-20-16(14)6-7-17(18)22-19(15)24/h1-10,20,23H,11H2,(H,22,24). The predicted octanol–water partition coefficient (Wildman–Crippen LogP) is 3.25. The van der Waals surface area contributed by atoms with E-state index in [-0.39, 0.29) is 12.2 Å². The highest BCUT2D eigenvalue weighted by Crippen LogP contribution is 2.24. The van der Waals surface area contributed by atoms with Gasteiger partial charge in [0.2, 0.25) is 0 Å².